The summed E-state index contributed by atoms with van der Waals surface area (Å²) in [6, 6.07) is 3.77. The molecule has 0 radical (unpaired) electrons. The fourth-order valence-electron chi connectivity index (χ4n) is 1.52. The van der Waals surface area contributed by atoms with E-state index in [0.717, 1.165) is 12.1 Å². The lowest BCUT2D eigenvalue weighted by atomic mass is 9.99. The first-order valence-corrected chi connectivity index (χ1v) is 6.15. The van der Waals surface area contributed by atoms with Gasteiger partial charge in [-0.2, -0.15) is 0 Å². The van der Waals surface area contributed by atoms with Gasteiger partial charge in [-0.3, -0.25) is 9.78 Å². The summed E-state index contributed by atoms with van der Waals surface area (Å²) in [6.45, 7) is 8.40. The van der Waals surface area contributed by atoms with Crippen molar-refractivity contribution in [3.63, 3.8) is 0 Å². The minimum atomic E-state index is 0.0916. The molecule has 3 heteroatoms. The van der Waals surface area contributed by atoms with Crippen molar-refractivity contribution in [1.82, 2.24) is 4.98 Å². The summed E-state index contributed by atoms with van der Waals surface area (Å²) in [7, 11) is 2.06. The van der Waals surface area contributed by atoms with Crippen molar-refractivity contribution in [3.8, 4) is 0 Å². The van der Waals surface area contributed by atoms with Gasteiger partial charge in [-0.1, -0.05) is 13.8 Å². The van der Waals surface area contributed by atoms with Crippen molar-refractivity contribution in [1.29, 1.82) is 0 Å². The molecule has 1 heterocycles. The van der Waals surface area contributed by atoms with Gasteiger partial charge in [0.05, 0.1) is 11.9 Å². The van der Waals surface area contributed by atoms with E-state index in [1.165, 1.54) is 0 Å². The molecule has 1 aromatic heterocycles. The van der Waals surface area contributed by atoms with Gasteiger partial charge in [-0.15, -0.1) is 0 Å². The molecule has 0 unspecified atom stereocenters. The molecule has 0 aliphatic rings. The first kappa shape index (κ1) is 13.7. The van der Waals surface area contributed by atoms with Crippen LogP contribution in [0, 0.1) is 0 Å². The van der Waals surface area contributed by atoms with Crippen molar-refractivity contribution >= 4 is 11.5 Å². The maximum absolute atomic E-state index is 11.5. The number of nitrogens with zero attached hydrogens (tertiary/aromatic N) is 2. The van der Waals surface area contributed by atoms with E-state index in [1.807, 2.05) is 19.1 Å². The third kappa shape index (κ3) is 3.05. The number of rotatable bonds is 5. The van der Waals surface area contributed by atoms with Crippen molar-refractivity contribution in [3.05, 3.63) is 24.0 Å². The van der Waals surface area contributed by atoms with Crippen molar-refractivity contribution in [2.24, 2.45) is 0 Å². The Balaban J connectivity index is 2.91. The second kappa shape index (κ2) is 5.30. The van der Waals surface area contributed by atoms with Crippen LogP contribution in [-0.4, -0.2) is 23.4 Å². The molecule has 0 saturated carbocycles. The van der Waals surface area contributed by atoms with Gasteiger partial charge in [0.1, 0.15) is 5.69 Å². The van der Waals surface area contributed by atoms with Crippen LogP contribution in [0.3, 0.4) is 0 Å². The SMILES string of the molecule is CCC(=O)c1ccc(N(C)C(C)(C)CC)cn1. The molecule has 1 rings (SSSR count). The topological polar surface area (TPSA) is 33.2 Å². The van der Waals surface area contributed by atoms with Gasteiger partial charge < -0.3 is 4.90 Å². The minimum absolute atomic E-state index is 0.0916. The molecule has 0 aliphatic carbocycles. The number of pyridine rings is 1. The summed E-state index contributed by atoms with van der Waals surface area (Å²) in [6.07, 6.45) is 3.34. The smallest absolute Gasteiger partial charge is 0.180 e. The molecule has 0 amide bonds. The van der Waals surface area contributed by atoms with E-state index in [2.05, 4.69) is 37.7 Å². The highest BCUT2D eigenvalue weighted by Gasteiger charge is 2.21. The minimum Gasteiger partial charge on any atom is -0.368 e. The van der Waals surface area contributed by atoms with E-state index in [-0.39, 0.29) is 11.3 Å². The lowest BCUT2D eigenvalue weighted by Crippen LogP contribution is -2.40. The molecule has 3 nitrogen and oxygen atoms in total. The van der Waals surface area contributed by atoms with E-state index >= 15 is 0 Å². The molecule has 94 valence electrons. The van der Waals surface area contributed by atoms with Crippen LogP contribution in [0.5, 0.6) is 0 Å². The number of aromatic nitrogens is 1. The van der Waals surface area contributed by atoms with Crippen LogP contribution in [0.2, 0.25) is 0 Å². The highest BCUT2D eigenvalue weighted by atomic mass is 16.1. The van der Waals surface area contributed by atoms with Crippen LogP contribution in [0.15, 0.2) is 18.3 Å². The van der Waals surface area contributed by atoms with Crippen molar-refractivity contribution < 1.29 is 4.79 Å². The number of hydrogen-bond donors (Lipinski definition) is 0. The molecule has 0 bridgehead atoms. The lowest BCUT2D eigenvalue weighted by Gasteiger charge is -2.36. The molecule has 0 fully saturated rings. The monoisotopic (exact) mass is 234 g/mol. The van der Waals surface area contributed by atoms with E-state index in [1.54, 1.807) is 6.20 Å². The molecule has 0 saturated heterocycles. The average molecular weight is 234 g/mol. The summed E-state index contributed by atoms with van der Waals surface area (Å²) >= 11 is 0. The van der Waals surface area contributed by atoms with Crippen LogP contribution < -0.4 is 4.90 Å². The average Bonchev–Trinajstić information content (AvgIpc) is 2.37. The first-order valence-electron chi connectivity index (χ1n) is 6.15. The van der Waals surface area contributed by atoms with Crippen LogP contribution >= 0.6 is 0 Å². The Morgan fingerprint density at radius 3 is 2.41 bits per heavy atom. The molecule has 0 atom stereocenters. The number of hydrogen-bond acceptors (Lipinski definition) is 3. The number of ketones is 1. The highest BCUT2D eigenvalue weighted by Crippen LogP contribution is 2.24. The Morgan fingerprint density at radius 1 is 1.35 bits per heavy atom. The molecule has 0 aromatic carbocycles. The Bertz CT molecular complexity index is 382. The molecule has 0 aliphatic heterocycles. The molecule has 17 heavy (non-hydrogen) atoms. The molecular weight excluding hydrogens is 212 g/mol. The lowest BCUT2D eigenvalue weighted by molar-refractivity contribution is 0.0983. The Hall–Kier alpha value is -1.38. The highest BCUT2D eigenvalue weighted by molar-refractivity contribution is 5.94. The van der Waals surface area contributed by atoms with Crippen LogP contribution in [-0.2, 0) is 0 Å². The molecule has 0 spiro atoms. The maximum atomic E-state index is 11.5. The summed E-state index contributed by atoms with van der Waals surface area (Å²) < 4.78 is 0. The number of anilines is 1. The van der Waals surface area contributed by atoms with Gasteiger partial charge >= 0.3 is 0 Å². The van der Waals surface area contributed by atoms with Gasteiger partial charge in [-0.05, 0) is 32.4 Å². The van der Waals surface area contributed by atoms with Gasteiger partial charge in [0.25, 0.3) is 0 Å². The molecular formula is C14H22N2O. The fraction of sp³-hybridized carbons (Fsp3) is 0.571. The third-order valence-corrected chi connectivity index (χ3v) is 3.52. The molecule has 0 N–H and O–H groups in total. The largest absolute Gasteiger partial charge is 0.368 e. The van der Waals surface area contributed by atoms with Crippen molar-refractivity contribution in [2.45, 2.75) is 46.1 Å². The second-order valence-electron chi connectivity index (χ2n) is 4.90. The summed E-state index contributed by atoms with van der Waals surface area (Å²) in [5.41, 5.74) is 1.70. The summed E-state index contributed by atoms with van der Waals surface area (Å²) in [5, 5.41) is 0. The van der Waals surface area contributed by atoms with Gasteiger partial charge in [-0.25, -0.2) is 0 Å². The Morgan fingerprint density at radius 2 is 2.00 bits per heavy atom. The van der Waals surface area contributed by atoms with E-state index in [9.17, 15) is 4.79 Å². The van der Waals surface area contributed by atoms with Crippen LogP contribution in [0.1, 0.15) is 51.0 Å². The van der Waals surface area contributed by atoms with E-state index < -0.39 is 0 Å². The zero-order valence-electron chi connectivity index (χ0n) is 11.4. The summed E-state index contributed by atoms with van der Waals surface area (Å²) in [4.78, 5) is 17.9. The van der Waals surface area contributed by atoms with E-state index in [4.69, 9.17) is 0 Å². The van der Waals surface area contributed by atoms with Gasteiger partial charge in [0.2, 0.25) is 0 Å². The zero-order valence-corrected chi connectivity index (χ0v) is 11.4. The number of Topliss-reactive ketones (excluding diaryl/α,β-unsaturated/α-hetero) is 1. The maximum Gasteiger partial charge on any atom is 0.180 e. The predicted octanol–water partition coefficient (Wildman–Crippen LogP) is 3.30. The first-order chi connectivity index (χ1) is 7.92. The Kier molecular flexibility index (Phi) is 4.27. The molecule has 1 aromatic rings. The van der Waals surface area contributed by atoms with Crippen molar-refractivity contribution in [2.75, 3.05) is 11.9 Å². The fourth-order valence-corrected chi connectivity index (χ4v) is 1.52. The zero-order chi connectivity index (χ0) is 13.1. The quantitative estimate of drug-likeness (QED) is 0.733. The van der Waals surface area contributed by atoms with Gasteiger partial charge in [0, 0.05) is 19.0 Å². The van der Waals surface area contributed by atoms with Gasteiger partial charge in [0.15, 0.2) is 5.78 Å². The normalized spacial score (nSPS) is 11.4. The second-order valence-corrected chi connectivity index (χ2v) is 4.90. The number of carbonyl (C=O) groups is 1. The number of carbonyl (C=O) groups excluding carboxylic acids is 1. The van der Waals surface area contributed by atoms with Crippen LogP contribution in [0.4, 0.5) is 5.69 Å². The van der Waals surface area contributed by atoms with E-state index in [0.29, 0.717) is 12.1 Å². The predicted molar refractivity (Wildman–Crippen MR) is 71.6 cm³/mol. The summed E-state index contributed by atoms with van der Waals surface area (Å²) in [5.74, 6) is 0.0916. The Labute approximate surface area is 104 Å². The van der Waals surface area contributed by atoms with Crippen LogP contribution in [0.25, 0.3) is 0 Å². The standard InChI is InChI=1S/C14H22N2O/c1-6-13(17)12-9-8-11(10-15-12)16(5)14(3,4)7-2/h8-10H,6-7H2,1-5H3. The third-order valence-electron chi connectivity index (χ3n) is 3.52.